The summed E-state index contributed by atoms with van der Waals surface area (Å²) in [6, 6.07) is 26.5. The van der Waals surface area contributed by atoms with Crippen molar-refractivity contribution in [1.82, 2.24) is 0 Å². The molecule has 29 heavy (non-hydrogen) atoms. The molecule has 0 saturated carbocycles. The summed E-state index contributed by atoms with van der Waals surface area (Å²) in [7, 11) is -2.55. The van der Waals surface area contributed by atoms with Crippen LogP contribution in [0, 0.1) is 0 Å². The first-order chi connectivity index (χ1) is 13.9. The van der Waals surface area contributed by atoms with Crippen LogP contribution in [0.3, 0.4) is 0 Å². The summed E-state index contributed by atoms with van der Waals surface area (Å²) in [6.45, 7) is 7.63. The Morgan fingerprint density at radius 3 is 1.86 bits per heavy atom. The van der Waals surface area contributed by atoms with Crippen molar-refractivity contribution < 1.29 is 9.16 Å². The van der Waals surface area contributed by atoms with Crippen LogP contribution in [0.4, 0.5) is 5.69 Å². The molecular formula is C24H28ClNO2Si. The fourth-order valence-corrected chi connectivity index (χ4v) is 8.47. The summed E-state index contributed by atoms with van der Waals surface area (Å²) in [5, 5.41) is 2.88. The largest absolute Gasteiger partial charge is 0.490 e. The van der Waals surface area contributed by atoms with Gasteiger partial charge in [0.2, 0.25) is 0 Å². The van der Waals surface area contributed by atoms with Gasteiger partial charge >= 0.3 is 0 Å². The third kappa shape index (κ3) is 4.50. The van der Waals surface area contributed by atoms with Gasteiger partial charge in [0.25, 0.3) is 8.32 Å². The molecule has 3 aromatic carbocycles. The van der Waals surface area contributed by atoms with Crippen LogP contribution in [-0.2, 0) is 4.43 Å². The Balaban J connectivity index is 1.89. The molecule has 152 valence electrons. The van der Waals surface area contributed by atoms with Crippen LogP contribution in [0.25, 0.3) is 0 Å². The molecule has 0 fully saturated rings. The quantitative estimate of drug-likeness (QED) is 0.333. The van der Waals surface area contributed by atoms with E-state index in [9.17, 15) is 0 Å². The number of hydrogen-bond acceptors (Lipinski definition) is 3. The van der Waals surface area contributed by atoms with Crippen LogP contribution < -0.4 is 20.8 Å². The number of nitrogens with two attached hydrogens (primary N) is 1. The highest BCUT2D eigenvalue weighted by Gasteiger charge is 2.50. The van der Waals surface area contributed by atoms with E-state index in [0.29, 0.717) is 29.7 Å². The Morgan fingerprint density at radius 2 is 1.34 bits per heavy atom. The number of benzene rings is 3. The maximum Gasteiger partial charge on any atom is 0.261 e. The molecule has 3 rings (SSSR count). The van der Waals surface area contributed by atoms with Crippen molar-refractivity contribution in [2.75, 3.05) is 18.9 Å². The van der Waals surface area contributed by atoms with Gasteiger partial charge in [0, 0.05) is 0 Å². The Kier molecular flexibility index (Phi) is 6.68. The molecule has 0 aliphatic heterocycles. The molecule has 0 atom stereocenters. The van der Waals surface area contributed by atoms with E-state index < -0.39 is 8.32 Å². The molecule has 0 heterocycles. The Hall–Kier alpha value is -2.27. The van der Waals surface area contributed by atoms with Crippen molar-refractivity contribution in [3.8, 4) is 5.75 Å². The van der Waals surface area contributed by atoms with Gasteiger partial charge in [-0.05, 0) is 27.5 Å². The van der Waals surface area contributed by atoms with Crippen LogP contribution in [0.5, 0.6) is 5.75 Å². The lowest BCUT2D eigenvalue weighted by Crippen LogP contribution is -2.66. The average Bonchev–Trinajstić information content (AvgIpc) is 2.71. The van der Waals surface area contributed by atoms with Gasteiger partial charge in [0.15, 0.2) is 0 Å². The summed E-state index contributed by atoms with van der Waals surface area (Å²) < 4.78 is 12.7. The lowest BCUT2D eigenvalue weighted by atomic mass is 10.2. The number of anilines is 1. The van der Waals surface area contributed by atoms with Gasteiger partial charge in [-0.15, -0.1) is 0 Å². The van der Waals surface area contributed by atoms with Crippen molar-refractivity contribution in [2.45, 2.75) is 25.8 Å². The standard InChI is InChI=1S/C24H28ClNO2Si/c1-24(2,3)29(19-11-6-4-7-12-19,20-13-8-5-9-14-20)28-18-17-27-22-16-10-15-21(26)23(22)25/h4-16H,17-18,26H2,1-3H3. The number of nitrogen functional groups attached to an aromatic ring is 1. The summed E-state index contributed by atoms with van der Waals surface area (Å²) in [5.74, 6) is 0.581. The molecule has 0 spiro atoms. The molecule has 3 aromatic rings. The molecule has 0 aliphatic rings. The zero-order valence-electron chi connectivity index (χ0n) is 17.2. The zero-order chi connectivity index (χ0) is 20.9. The van der Waals surface area contributed by atoms with Crippen molar-refractivity contribution in [1.29, 1.82) is 0 Å². The number of rotatable bonds is 7. The fourth-order valence-electron chi connectivity index (χ4n) is 3.75. The molecule has 5 heteroatoms. The second-order valence-electron chi connectivity index (χ2n) is 8.02. The molecule has 0 saturated heterocycles. The summed E-state index contributed by atoms with van der Waals surface area (Å²) in [4.78, 5) is 0. The molecule has 0 amide bonds. The van der Waals surface area contributed by atoms with E-state index in [1.165, 1.54) is 10.4 Å². The molecule has 0 bridgehead atoms. The van der Waals surface area contributed by atoms with Crippen molar-refractivity contribution in [3.05, 3.63) is 83.9 Å². The van der Waals surface area contributed by atoms with Crippen LogP contribution >= 0.6 is 11.6 Å². The summed E-state index contributed by atoms with van der Waals surface area (Å²) in [6.07, 6.45) is 0. The third-order valence-electron chi connectivity index (χ3n) is 5.07. The zero-order valence-corrected chi connectivity index (χ0v) is 18.9. The van der Waals surface area contributed by atoms with Gasteiger partial charge < -0.3 is 14.9 Å². The molecule has 0 aromatic heterocycles. The number of hydrogen-bond donors (Lipinski definition) is 1. The van der Waals surface area contributed by atoms with Crippen LogP contribution in [-0.4, -0.2) is 21.5 Å². The number of ether oxygens (including phenoxy) is 1. The summed E-state index contributed by atoms with van der Waals surface area (Å²) >= 11 is 6.24. The fraction of sp³-hybridized carbons (Fsp3) is 0.250. The molecule has 0 unspecified atom stereocenters. The Bertz CT molecular complexity index is 887. The molecule has 3 nitrogen and oxygen atoms in total. The third-order valence-corrected chi connectivity index (χ3v) is 10.5. The topological polar surface area (TPSA) is 44.5 Å². The molecular weight excluding hydrogens is 398 g/mol. The van der Waals surface area contributed by atoms with Gasteiger partial charge in [-0.1, -0.05) is 99.1 Å². The highest BCUT2D eigenvalue weighted by molar-refractivity contribution is 6.99. The van der Waals surface area contributed by atoms with E-state index in [1.54, 1.807) is 6.07 Å². The van der Waals surface area contributed by atoms with Crippen molar-refractivity contribution >= 4 is 36.0 Å². The maximum absolute atomic E-state index is 6.80. The minimum Gasteiger partial charge on any atom is -0.490 e. The molecule has 0 radical (unpaired) electrons. The van der Waals surface area contributed by atoms with Gasteiger partial charge in [0.1, 0.15) is 17.4 Å². The van der Waals surface area contributed by atoms with E-state index in [4.69, 9.17) is 26.5 Å². The Morgan fingerprint density at radius 1 is 0.793 bits per heavy atom. The second kappa shape index (κ2) is 9.03. The Labute approximate surface area is 179 Å². The minimum atomic E-state index is -2.55. The molecule has 0 aliphatic carbocycles. The first-order valence-electron chi connectivity index (χ1n) is 9.78. The van der Waals surface area contributed by atoms with Crippen LogP contribution in [0.15, 0.2) is 78.9 Å². The first kappa shape index (κ1) is 21.4. The maximum atomic E-state index is 6.80. The predicted octanol–water partition coefficient (Wildman–Crippen LogP) is 4.88. The molecule has 2 N–H and O–H groups in total. The van der Waals surface area contributed by atoms with Crippen molar-refractivity contribution in [2.24, 2.45) is 0 Å². The summed E-state index contributed by atoms with van der Waals surface area (Å²) in [5.41, 5.74) is 6.38. The normalized spacial score (nSPS) is 12.0. The van der Waals surface area contributed by atoms with Gasteiger partial charge in [-0.2, -0.15) is 0 Å². The van der Waals surface area contributed by atoms with E-state index in [2.05, 4.69) is 69.3 Å². The average molecular weight is 426 g/mol. The van der Waals surface area contributed by atoms with Crippen LogP contribution in [0.2, 0.25) is 10.1 Å². The SMILES string of the molecule is CC(C)(C)[Si](OCCOc1cccc(N)c1Cl)(c1ccccc1)c1ccccc1. The van der Waals surface area contributed by atoms with E-state index in [-0.39, 0.29) is 5.04 Å². The second-order valence-corrected chi connectivity index (χ2v) is 12.7. The van der Waals surface area contributed by atoms with Crippen molar-refractivity contribution in [3.63, 3.8) is 0 Å². The van der Waals surface area contributed by atoms with E-state index >= 15 is 0 Å². The van der Waals surface area contributed by atoms with E-state index in [0.717, 1.165) is 0 Å². The monoisotopic (exact) mass is 425 g/mol. The van der Waals surface area contributed by atoms with Gasteiger partial charge in [-0.25, -0.2) is 0 Å². The van der Waals surface area contributed by atoms with Gasteiger partial charge in [0.05, 0.1) is 12.3 Å². The minimum absolute atomic E-state index is 0.0650. The van der Waals surface area contributed by atoms with Crippen LogP contribution in [0.1, 0.15) is 20.8 Å². The van der Waals surface area contributed by atoms with Gasteiger partial charge in [-0.3, -0.25) is 0 Å². The van der Waals surface area contributed by atoms with E-state index in [1.807, 2.05) is 24.3 Å². The lowest BCUT2D eigenvalue weighted by molar-refractivity contribution is 0.208. The lowest BCUT2D eigenvalue weighted by Gasteiger charge is -2.43. The predicted molar refractivity (Wildman–Crippen MR) is 125 cm³/mol. The first-order valence-corrected chi connectivity index (χ1v) is 12.1. The highest BCUT2D eigenvalue weighted by atomic mass is 35.5. The number of halogens is 1. The highest BCUT2D eigenvalue weighted by Crippen LogP contribution is 2.36. The smallest absolute Gasteiger partial charge is 0.261 e.